The zero-order valence-electron chi connectivity index (χ0n) is 17.2. The smallest absolute Gasteiger partial charge is 0.363 e. The van der Waals surface area contributed by atoms with Crippen molar-refractivity contribution in [3.05, 3.63) is 71.4 Å². The lowest BCUT2D eigenvalue weighted by atomic mass is 10.1. The zero-order chi connectivity index (χ0) is 22.0. The van der Waals surface area contributed by atoms with Crippen LogP contribution < -0.4 is 14.2 Å². The van der Waals surface area contributed by atoms with E-state index in [0.717, 1.165) is 10.8 Å². The molecule has 4 rings (SSSR count). The van der Waals surface area contributed by atoms with Crippen LogP contribution in [0.4, 0.5) is 0 Å². The first kappa shape index (κ1) is 20.2. The minimum absolute atomic E-state index is 0.132. The Balaban J connectivity index is 1.71. The summed E-state index contributed by atoms with van der Waals surface area (Å²) < 4.78 is 21.2. The number of benzene rings is 3. The molecule has 0 bridgehead atoms. The lowest BCUT2D eigenvalue weighted by Crippen LogP contribution is -2.06. The molecule has 0 N–H and O–H groups in total. The van der Waals surface area contributed by atoms with Gasteiger partial charge < -0.3 is 18.9 Å². The van der Waals surface area contributed by atoms with Gasteiger partial charge in [0.2, 0.25) is 11.6 Å². The molecule has 0 spiro atoms. The summed E-state index contributed by atoms with van der Waals surface area (Å²) in [5, 5.41) is 2.10. The first-order chi connectivity index (χ1) is 15.0. The van der Waals surface area contributed by atoms with E-state index in [1.807, 2.05) is 42.5 Å². The van der Waals surface area contributed by atoms with Crippen LogP contribution in [0.15, 0.2) is 65.3 Å². The van der Waals surface area contributed by atoms with Crippen molar-refractivity contribution in [2.24, 2.45) is 4.99 Å². The number of nitrogens with zero attached hydrogens (tertiary/aromatic N) is 1. The number of ether oxygens (including phenoxy) is 4. The molecular weight excluding hydrogens is 398 g/mol. The summed E-state index contributed by atoms with van der Waals surface area (Å²) in [5.41, 5.74) is 1.41. The van der Waals surface area contributed by atoms with Gasteiger partial charge in [-0.2, -0.15) is 0 Å². The van der Waals surface area contributed by atoms with Crippen LogP contribution in [0.1, 0.15) is 18.1 Å². The van der Waals surface area contributed by atoms with E-state index in [1.54, 1.807) is 18.2 Å². The molecule has 0 radical (unpaired) electrons. The summed E-state index contributed by atoms with van der Waals surface area (Å²) in [5.74, 6) is -0.110. The molecule has 0 fully saturated rings. The third-order valence-corrected chi connectivity index (χ3v) is 4.65. The van der Waals surface area contributed by atoms with Crippen molar-refractivity contribution in [3.8, 4) is 17.2 Å². The third-order valence-electron chi connectivity index (χ3n) is 4.65. The van der Waals surface area contributed by atoms with Crippen LogP contribution in [0.25, 0.3) is 16.8 Å². The van der Waals surface area contributed by atoms with Gasteiger partial charge in [-0.1, -0.05) is 30.3 Å². The molecule has 1 aliphatic heterocycles. The van der Waals surface area contributed by atoms with Gasteiger partial charge >= 0.3 is 11.9 Å². The molecule has 31 heavy (non-hydrogen) atoms. The number of hydrogen-bond acceptors (Lipinski definition) is 7. The predicted molar refractivity (Wildman–Crippen MR) is 115 cm³/mol. The minimum atomic E-state index is -0.565. The molecule has 0 unspecified atom stereocenters. The maximum absolute atomic E-state index is 12.4. The second-order valence-corrected chi connectivity index (χ2v) is 6.75. The second-order valence-electron chi connectivity index (χ2n) is 6.75. The van der Waals surface area contributed by atoms with E-state index < -0.39 is 11.9 Å². The van der Waals surface area contributed by atoms with E-state index in [2.05, 4.69) is 4.99 Å². The SMILES string of the molecule is COc1cc(/C=C2\N=C(c3ccc4ccccc4c3)OC2=O)cc(OC)c1OC(C)=O. The first-order valence-electron chi connectivity index (χ1n) is 9.44. The van der Waals surface area contributed by atoms with Gasteiger partial charge in [0.1, 0.15) is 0 Å². The Labute approximate surface area is 178 Å². The van der Waals surface area contributed by atoms with Crippen LogP contribution >= 0.6 is 0 Å². The molecule has 0 atom stereocenters. The minimum Gasteiger partial charge on any atom is -0.493 e. The molecule has 3 aromatic carbocycles. The van der Waals surface area contributed by atoms with Crippen LogP contribution in [-0.2, 0) is 14.3 Å². The fourth-order valence-electron chi connectivity index (χ4n) is 3.24. The summed E-state index contributed by atoms with van der Waals surface area (Å²) in [7, 11) is 2.89. The van der Waals surface area contributed by atoms with Gasteiger partial charge in [0.25, 0.3) is 0 Å². The van der Waals surface area contributed by atoms with Crippen molar-refractivity contribution < 1.29 is 28.5 Å². The lowest BCUT2D eigenvalue weighted by Gasteiger charge is -2.13. The number of cyclic esters (lactones) is 1. The molecule has 3 aromatic rings. The maximum Gasteiger partial charge on any atom is 0.363 e. The number of hydrogen-bond donors (Lipinski definition) is 0. The number of carbonyl (C=O) groups is 2. The average molecular weight is 417 g/mol. The molecule has 156 valence electrons. The van der Waals surface area contributed by atoms with Crippen molar-refractivity contribution in [2.45, 2.75) is 6.92 Å². The highest BCUT2D eigenvalue weighted by Gasteiger charge is 2.25. The van der Waals surface area contributed by atoms with E-state index in [0.29, 0.717) is 11.1 Å². The van der Waals surface area contributed by atoms with E-state index in [9.17, 15) is 9.59 Å². The summed E-state index contributed by atoms with van der Waals surface area (Å²) in [4.78, 5) is 28.2. The summed E-state index contributed by atoms with van der Waals surface area (Å²) in [6, 6.07) is 16.9. The first-order valence-corrected chi connectivity index (χ1v) is 9.44. The summed E-state index contributed by atoms with van der Waals surface area (Å²) >= 11 is 0. The molecule has 7 heteroatoms. The van der Waals surface area contributed by atoms with Gasteiger partial charge in [0, 0.05) is 12.5 Å². The van der Waals surface area contributed by atoms with Crippen LogP contribution in [0.2, 0.25) is 0 Å². The third kappa shape index (κ3) is 4.11. The van der Waals surface area contributed by atoms with E-state index in [4.69, 9.17) is 18.9 Å². The second kappa shape index (κ2) is 8.31. The topological polar surface area (TPSA) is 83.4 Å². The Hall–Kier alpha value is -4.13. The van der Waals surface area contributed by atoms with Gasteiger partial charge in [-0.25, -0.2) is 9.79 Å². The Morgan fingerprint density at radius 2 is 1.65 bits per heavy atom. The Bertz CT molecular complexity index is 1230. The molecule has 0 aliphatic carbocycles. The molecule has 7 nitrogen and oxygen atoms in total. The maximum atomic E-state index is 12.4. The highest BCUT2D eigenvalue weighted by molar-refractivity contribution is 6.13. The molecule has 0 saturated carbocycles. The van der Waals surface area contributed by atoms with Gasteiger partial charge in [-0.3, -0.25) is 4.79 Å². The van der Waals surface area contributed by atoms with E-state index >= 15 is 0 Å². The standard InChI is InChI=1S/C24H19NO6/c1-14(26)30-22-20(28-2)11-15(12-21(22)29-3)10-19-24(27)31-23(25-19)18-9-8-16-6-4-5-7-17(16)13-18/h4-13H,1-3H3/b19-10-. The highest BCUT2D eigenvalue weighted by atomic mass is 16.6. The fourth-order valence-corrected chi connectivity index (χ4v) is 3.24. The fraction of sp³-hybridized carbons (Fsp3) is 0.125. The monoisotopic (exact) mass is 417 g/mol. The average Bonchev–Trinajstić information content (AvgIpc) is 3.13. The quantitative estimate of drug-likeness (QED) is 0.353. The van der Waals surface area contributed by atoms with Crippen LogP contribution in [0.3, 0.4) is 0 Å². The summed E-state index contributed by atoms with van der Waals surface area (Å²) in [6.45, 7) is 1.28. The highest BCUT2D eigenvalue weighted by Crippen LogP contribution is 2.39. The van der Waals surface area contributed by atoms with Crippen molar-refractivity contribution in [3.63, 3.8) is 0 Å². The van der Waals surface area contributed by atoms with Crippen molar-refractivity contribution in [1.29, 1.82) is 0 Å². The number of rotatable bonds is 5. The van der Waals surface area contributed by atoms with Crippen LogP contribution in [0.5, 0.6) is 17.2 Å². The predicted octanol–water partition coefficient (Wildman–Crippen LogP) is 4.13. The molecule has 1 heterocycles. The van der Waals surface area contributed by atoms with Crippen molar-refractivity contribution in [1.82, 2.24) is 0 Å². The molecule has 0 amide bonds. The normalized spacial score (nSPS) is 14.4. The van der Waals surface area contributed by atoms with E-state index in [1.165, 1.54) is 21.1 Å². The zero-order valence-corrected chi connectivity index (χ0v) is 17.2. The molecule has 1 aliphatic rings. The summed E-state index contributed by atoms with van der Waals surface area (Å²) in [6.07, 6.45) is 1.55. The number of aliphatic imine (C=N–C) groups is 1. The number of fused-ring (bicyclic) bond motifs is 1. The van der Waals surface area contributed by atoms with Gasteiger partial charge in [-0.05, 0) is 46.7 Å². The van der Waals surface area contributed by atoms with Crippen molar-refractivity contribution >= 4 is 34.7 Å². The number of methoxy groups -OCH3 is 2. The molecule has 0 aromatic heterocycles. The molecule has 0 saturated heterocycles. The number of carbonyl (C=O) groups excluding carboxylic acids is 2. The van der Waals surface area contributed by atoms with Crippen LogP contribution in [0, 0.1) is 0 Å². The van der Waals surface area contributed by atoms with E-state index in [-0.39, 0.29) is 28.8 Å². The Kier molecular flexibility index (Phi) is 5.41. The van der Waals surface area contributed by atoms with Gasteiger partial charge in [-0.15, -0.1) is 0 Å². The largest absolute Gasteiger partial charge is 0.493 e. The Morgan fingerprint density at radius 3 is 2.29 bits per heavy atom. The van der Waals surface area contributed by atoms with Crippen molar-refractivity contribution in [2.75, 3.05) is 14.2 Å². The molecular formula is C24H19NO6. The van der Waals surface area contributed by atoms with Gasteiger partial charge in [0.05, 0.1) is 14.2 Å². The lowest BCUT2D eigenvalue weighted by molar-refractivity contribution is -0.132. The Morgan fingerprint density at radius 1 is 0.968 bits per heavy atom. The number of esters is 2. The van der Waals surface area contributed by atoms with Gasteiger partial charge in [0.15, 0.2) is 17.2 Å². The van der Waals surface area contributed by atoms with Crippen LogP contribution in [-0.4, -0.2) is 32.1 Å².